The first-order valence-electron chi connectivity index (χ1n) is 9.16. The third-order valence-electron chi connectivity index (χ3n) is 4.90. The summed E-state index contributed by atoms with van der Waals surface area (Å²) in [6, 6.07) is 10.8. The summed E-state index contributed by atoms with van der Waals surface area (Å²) >= 11 is 0. The fraction of sp³-hybridized carbons (Fsp3) is 0.476. The summed E-state index contributed by atoms with van der Waals surface area (Å²) in [7, 11) is 0. The summed E-state index contributed by atoms with van der Waals surface area (Å²) in [6.45, 7) is 5.55. The van der Waals surface area contributed by atoms with Gasteiger partial charge in [-0.3, -0.25) is 4.98 Å². The molecule has 0 bridgehead atoms. The summed E-state index contributed by atoms with van der Waals surface area (Å²) in [5.41, 5.74) is 4.54. The van der Waals surface area contributed by atoms with Gasteiger partial charge in [0.2, 0.25) is 0 Å². The summed E-state index contributed by atoms with van der Waals surface area (Å²) in [5, 5.41) is 13.2. The normalized spacial score (nSPS) is 20.4. The van der Waals surface area contributed by atoms with E-state index in [0.29, 0.717) is 12.6 Å². The van der Waals surface area contributed by atoms with E-state index in [-0.39, 0.29) is 6.10 Å². The highest BCUT2D eigenvalue weighted by molar-refractivity contribution is 5.43. The Morgan fingerprint density at radius 3 is 2.48 bits per heavy atom. The molecular weight excluding hydrogens is 312 g/mol. The molecule has 0 aliphatic heterocycles. The van der Waals surface area contributed by atoms with Crippen LogP contribution < -0.4 is 10.1 Å². The highest BCUT2D eigenvalue weighted by Crippen LogP contribution is 2.26. The molecule has 1 aromatic heterocycles. The van der Waals surface area contributed by atoms with E-state index in [4.69, 9.17) is 4.74 Å². The number of aliphatic hydroxyl groups is 1. The number of nitrogens with one attached hydrogen (secondary N) is 1. The number of aromatic nitrogens is 1. The molecule has 2 N–H and O–H groups in total. The molecule has 0 saturated heterocycles. The lowest BCUT2D eigenvalue weighted by Crippen LogP contribution is -2.34. The van der Waals surface area contributed by atoms with E-state index in [1.54, 1.807) is 6.20 Å². The van der Waals surface area contributed by atoms with Gasteiger partial charge in [-0.25, -0.2) is 0 Å². The molecule has 1 heterocycles. The zero-order valence-electron chi connectivity index (χ0n) is 15.2. The molecule has 25 heavy (non-hydrogen) atoms. The minimum absolute atomic E-state index is 0.0990. The summed E-state index contributed by atoms with van der Waals surface area (Å²) in [4.78, 5) is 4.30. The quantitative estimate of drug-likeness (QED) is 0.842. The molecule has 1 saturated carbocycles. The molecular formula is C21H28N2O2. The van der Waals surface area contributed by atoms with E-state index in [9.17, 15) is 5.11 Å². The van der Waals surface area contributed by atoms with Crippen LogP contribution in [0.2, 0.25) is 0 Å². The molecule has 0 unspecified atom stereocenters. The standard InChI is InChI=1S/C21H28N2O2/c1-15-11-17(13-23-18-6-8-20(24)9-7-18)12-16(2)21(15)25-14-19-5-3-4-10-22-19/h3-5,10-12,18,20,23-24H,6-9,13-14H2,1-2H3. The van der Waals surface area contributed by atoms with Crippen LogP contribution in [0.4, 0.5) is 0 Å². The van der Waals surface area contributed by atoms with Gasteiger partial charge in [-0.05, 0) is 68.4 Å². The first-order chi connectivity index (χ1) is 12.1. The van der Waals surface area contributed by atoms with Crippen molar-refractivity contribution in [1.82, 2.24) is 10.3 Å². The number of hydrogen-bond acceptors (Lipinski definition) is 4. The van der Waals surface area contributed by atoms with Gasteiger partial charge in [-0.1, -0.05) is 18.2 Å². The lowest BCUT2D eigenvalue weighted by Gasteiger charge is -2.26. The molecule has 0 amide bonds. The summed E-state index contributed by atoms with van der Waals surface area (Å²) in [6.07, 6.45) is 5.64. The first-order valence-corrected chi connectivity index (χ1v) is 9.16. The SMILES string of the molecule is Cc1cc(CNC2CCC(O)CC2)cc(C)c1OCc1ccccn1. The minimum Gasteiger partial charge on any atom is -0.487 e. The van der Waals surface area contributed by atoms with E-state index in [1.165, 1.54) is 5.56 Å². The van der Waals surface area contributed by atoms with Crippen LogP contribution in [-0.4, -0.2) is 22.2 Å². The van der Waals surface area contributed by atoms with Crippen LogP contribution in [-0.2, 0) is 13.2 Å². The van der Waals surface area contributed by atoms with Crippen LogP contribution in [0, 0.1) is 13.8 Å². The molecule has 1 fully saturated rings. The molecule has 1 aliphatic rings. The molecule has 1 aliphatic carbocycles. The number of aryl methyl sites for hydroxylation is 2. The number of pyridine rings is 1. The maximum atomic E-state index is 9.60. The third-order valence-corrected chi connectivity index (χ3v) is 4.90. The predicted molar refractivity (Wildman–Crippen MR) is 99.6 cm³/mol. The predicted octanol–water partition coefficient (Wildman–Crippen LogP) is 3.67. The fourth-order valence-corrected chi connectivity index (χ4v) is 3.54. The maximum Gasteiger partial charge on any atom is 0.130 e. The molecule has 0 atom stereocenters. The summed E-state index contributed by atoms with van der Waals surface area (Å²) in [5.74, 6) is 0.954. The molecule has 134 valence electrons. The topological polar surface area (TPSA) is 54.4 Å². The number of rotatable bonds is 6. The Hall–Kier alpha value is -1.91. The highest BCUT2D eigenvalue weighted by atomic mass is 16.5. The molecule has 4 heteroatoms. The van der Waals surface area contributed by atoms with Crippen molar-refractivity contribution >= 4 is 0 Å². The number of aliphatic hydroxyl groups excluding tert-OH is 1. The molecule has 4 nitrogen and oxygen atoms in total. The van der Waals surface area contributed by atoms with E-state index >= 15 is 0 Å². The molecule has 0 radical (unpaired) electrons. The smallest absolute Gasteiger partial charge is 0.130 e. The molecule has 0 spiro atoms. The average molecular weight is 340 g/mol. The van der Waals surface area contributed by atoms with Crippen molar-refractivity contribution in [3.8, 4) is 5.75 Å². The van der Waals surface area contributed by atoms with Crippen molar-refractivity contribution in [1.29, 1.82) is 0 Å². The second kappa shape index (κ2) is 8.45. The largest absolute Gasteiger partial charge is 0.487 e. The van der Waals surface area contributed by atoms with Crippen molar-refractivity contribution in [2.75, 3.05) is 0 Å². The van der Waals surface area contributed by atoms with Crippen LogP contribution in [0.3, 0.4) is 0 Å². The number of hydrogen-bond donors (Lipinski definition) is 2. The lowest BCUT2D eigenvalue weighted by molar-refractivity contribution is 0.116. The number of ether oxygens (including phenoxy) is 1. The van der Waals surface area contributed by atoms with Gasteiger partial charge in [0.25, 0.3) is 0 Å². The van der Waals surface area contributed by atoms with Crippen LogP contribution in [0.15, 0.2) is 36.5 Å². The van der Waals surface area contributed by atoms with E-state index < -0.39 is 0 Å². The zero-order valence-corrected chi connectivity index (χ0v) is 15.2. The van der Waals surface area contributed by atoms with Crippen molar-refractivity contribution in [3.05, 3.63) is 58.9 Å². The Kier molecular flexibility index (Phi) is 6.05. The van der Waals surface area contributed by atoms with Crippen molar-refractivity contribution in [3.63, 3.8) is 0 Å². The van der Waals surface area contributed by atoms with Gasteiger partial charge in [-0.2, -0.15) is 0 Å². The van der Waals surface area contributed by atoms with Gasteiger partial charge in [0.05, 0.1) is 11.8 Å². The maximum absolute atomic E-state index is 9.60. The third kappa shape index (κ3) is 5.03. The highest BCUT2D eigenvalue weighted by Gasteiger charge is 2.18. The van der Waals surface area contributed by atoms with Gasteiger partial charge in [0, 0.05) is 18.8 Å². The Morgan fingerprint density at radius 2 is 1.84 bits per heavy atom. The van der Waals surface area contributed by atoms with Crippen LogP contribution >= 0.6 is 0 Å². The Morgan fingerprint density at radius 1 is 1.12 bits per heavy atom. The first kappa shape index (κ1) is 17.9. The second-order valence-corrected chi connectivity index (χ2v) is 7.05. The Bertz CT molecular complexity index is 657. The van der Waals surface area contributed by atoms with Gasteiger partial charge in [0.15, 0.2) is 0 Å². The molecule has 1 aromatic carbocycles. The van der Waals surface area contributed by atoms with Gasteiger partial charge < -0.3 is 15.2 Å². The number of nitrogens with zero attached hydrogens (tertiary/aromatic N) is 1. The van der Waals surface area contributed by atoms with E-state index in [2.05, 4.69) is 36.3 Å². The fourth-order valence-electron chi connectivity index (χ4n) is 3.54. The zero-order chi connectivity index (χ0) is 17.6. The van der Waals surface area contributed by atoms with Gasteiger partial charge in [0.1, 0.15) is 12.4 Å². The van der Waals surface area contributed by atoms with Gasteiger partial charge >= 0.3 is 0 Å². The van der Waals surface area contributed by atoms with Gasteiger partial charge in [-0.15, -0.1) is 0 Å². The number of benzene rings is 1. The monoisotopic (exact) mass is 340 g/mol. The Balaban J connectivity index is 1.58. The van der Waals surface area contributed by atoms with Crippen LogP contribution in [0.5, 0.6) is 5.75 Å². The van der Waals surface area contributed by atoms with Crippen LogP contribution in [0.1, 0.15) is 48.1 Å². The Labute approximate surface area is 150 Å². The van der Waals surface area contributed by atoms with Crippen LogP contribution in [0.25, 0.3) is 0 Å². The van der Waals surface area contributed by atoms with Crippen molar-refractivity contribution in [2.24, 2.45) is 0 Å². The lowest BCUT2D eigenvalue weighted by atomic mass is 9.93. The van der Waals surface area contributed by atoms with E-state index in [1.807, 2.05) is 18.2 Å². The molecule has 3 rings (SSSR count). The molecule has 2 aromatic rings. The summed E-state index contributed by atoms with van der Waals surface area (Å²) < 4.78 is 6.00. The van der Waals surface area contributed by atoms with E-state index in [0.717, 1.165) is 54.8 Å². The van der Waals surface area contributed by atoms with Crippen molar-refractivity contribution < 1.29 is 9.84 Å². The van der Waals surface area contributed by atoms with Crippen molar-refractivity contribution in [2.45, 2.75) is 64.8 Å². The minimum atomic E-state index is -0.0990. The average Bonchev–Trinajstić information content (AvgIpc) is 2.61. The second-order valence-electron chi connectivity index (χ2n) is 7.05.